The van der Waals surface area contributed by atoms with Crippen LogP contribution in [0.3, 0.4) is 0 Å². The van der Waals surface area contributed by atoms with Gasteiger partial charge in [-0.2, -0.15) is 0 Å². The van der Waals surface area contributed by atoms with Gasteiger partial charge in [-0.05, 0) is 54.4 Å². The number of ether oxygens (including phenoxy) is 3. The highest BCUT2D eigenvalue weighted by atomic mass is 16.5. The monoisotopic (exact) mass is 507 g/mol. The highest BCUT2D eigenvalue weighted by Gasteiger charge is 2.27. The molecule has 0 aliphatic carbocycles. The summed E-state index contributed by atoms with van der Waals surface area (Å²) in [5, 5.41) is 18.1. The van der Waals surface area contributed by atoms with Gasteiger partial charge in [0.15, 0.2) is 6.61 Å². The molecule has 0 heterocycles. The Morgan fingerprint density at radius 3 is 2.05 bits per heavy atom. The van der Waals surface area contributed by atoms with Gasteiger partial charge in [0.25, 0.3) is 0 Å². The predicted octanol–water partition coefficient (Wildman–Crippen LogP) is 4.05. The van der Waals surface area contributed by atoms with Gasteiger partial charge < -0.3 is 24.4 Å². The number of benzene rings is 3. The average Bonchev–Trinajstić information content (AvgIpc) is 2.88. The summed E-state index contributed by atoms with van der Waals surface area (Å²) in [6, 6.07) is 18.5. The van der Waals surface area contributed by atoms with E-state index < -0.39 is 24.6 Å². The molecule has 0 radical (unpaired) electrons. The van der Waals surface area contributed by atoms with E-state index in [4.69, 9.17) is 19.3 Å². The fraction of sp³-hybridized carbons (Fsp3) is 0.250. The van der Waals surface area contributed by atoms with Crippen molar-refractivity contribution in [3.63, 3.8) is 0 Å². The van der Waals surface area contributed by atoms with Crippen molar-refractivity contribution in [2.45, 2.75) is 19.5 Å². The second kappa shape index (κ2) is 12.5. The Bertz CT molecular complexity index is 1240. The van der Waals surface area contributed by atoms with Crippen LogP contribution in [0.15, 0.2) is 66.7 Å². The van der Waals surface area contributed by atoms with Crippen molar-refractivity contribution in [1.82, 2.24) is 4.90 Å². The van der Waals surface area contributed by atoms with Crippen molar-refractivity contribution in [2.24, 2.45) is 0 Å². The molecule has 0 amide bonds. The zero-order chi connectivity index (χ0) is 26.9. The van der Waals surface area contributed by atoms with Crippen molar-refractivity contribution >= 4 is 17.7 Å². The number of methoxy groups -OCH3 is 2. The van der Waals surface area contributed by atoms with Crippen molar-refractivity contribution in [1.29, 1.82) is 0 Å². The standard InChI is InChI=1S/C28H29NO8/c1-18(30)15-29(16-19-4-6-21(7-5-19)28(33)34)27(24-13-12-23(35-2)14-25(24)36-3)20-8-10-22(11-9-20)37-17-26(31)32/h4-14,27H,15-17H2,1-3H3,(H,31,32)(H,33,34). The van der Waals surface area contributed by atoms with E-state index in [0.29, 0.717) is 23.8 Å². The molecule has 0 saturated heterocycles. The molecule has 3 aromatic carbocycles. The molecule has 1 unspecified atom stereocenters. The maximum Gasteiger partial charge on any atom is 0.341 e. The van der Waals surface area contributed by atoms with Gasteiger partial charge in [-0.1, -0.05) is 24.3 Å². The molecule has 3 aromatic rings. The Labute approximate surface area is 214 Å². The van der Waals surface area contributed by atoms with E-state index in [2.05, 4.69) is 0 Å². The predicted molar refractivity (Wildman–Crippen MR) is 135 cm³/mol. The fourth-order valence-electron chi connectivity index (χ4n) is 4.03. The highest BCUT2D eigenvalue weighted by molar-refractivity contribution is 5.87. The van der Waals surface area contributed by atoms with Crippen LogP contribution in [0.2, 0.25) is 0 Å². The van der Waals surface area contributed by atoms with Crippen molar-refractivity contribution in [3.05, 3.63) is 89.0 Å². The van der Waals surface area contributed by atoms with E-state index in [9.17, 15) is 19.5 Å². The number of ketones is 1. The van der Waals surface area contributed by atoms with Crippen LogP contribution in [-0.2, 0) is 16.1 Å². The van der Waals surface area contributed by atoms with Gasteiger partial charge in [0.1, 0.15) is 23.0 Å². The molecule has 1 atom stereocenters. The van der Waals surface area contributed by atoms with E-state index in [0.717, 1.165) is 16.7 Å². The number of carboxylic acid groups (broad SMARTS) is 2. The lowest BCUT2D eigenvalue weighted by Gasteiger charge is -2.33. The van der Waals surface area contributed by atoms with E-state index in [-0.39, 0.29) is 17.9 Å². The van der Waals surface area contributed by atoms with Crippen LogP contribution in [0.1, 0.15) is 40.0 Å². The molecule has 0 spiro atoms. The Morgan fingerprint density at radius 1 is 0.865 bits per heavy atom. The molecule has 0 aliphatic heterocycles. The van der Waals surface area contributed by atoms with E-state index in [1.165, 1.54) is 19.1 Å². The first-order chi connectivity index (χ1) is 17.7. The summed E-state index contributed by atoms with van der Waals surface area (Å²) in [7, 11) is 3.11. The maximum absolute atomic E-state index is 12.4. The van der Waals surface area contributed by atoms with E-state index in [1.807, 2.05) is 29.2 Å². The van der Waals surface area contributed by atoms with Crippen LogP contribution in [0.5, 0.6) is 17.2 Å². The molecular formula is C28H29NO8. The summed E-state index contributed by atoms with van der Waals surface area (Å²) in [5.74, 6) is -0.579. The zero-order valence-electron chi connectivity index (χ0n) is 20.8. The second-order valence-corrected chi connectivity index (χ2v) is 8.37. The number of rotatable bonds is 13. The lowest BCUT2D eigenvalue weighted by molar-refractivity contribution is -0.139. The van der Waals surface area contributed by atoms with Crippen LogP contribution in [0.25, 0.3) is 0 Å². The number of carbonyl (C=O) groups excluding carboxylic acids is 1. The molecule has 2 N–H and O–H groups in total. The summed E-state index contributed by atoms with van der Waals surface area (Å²) in [6.07, 6.45) is 0. The number of hydrogen-bond donors (Lipinski definition) is 2. The first kappa shape index (κ1) is 27.2. The molecule has 9 heteroatoms. The lowest BCUT2D eigenvalue weighted by Crippen LogP contribution is -2.33. The molecule has 194 valence electrons. The number of aliphatic carboxylic acids is 1. The Hall–Kier alpha value is -4.37. The minimum Gasteiger partial charge on any atom is -0.497 e. The third-order valence-electron chi connectivity index (χ3n) is 5.67. The van der Waals surface area contributed by atoms with Gasteiger partial charge in [0.05, 0.1) is 32.4 Å². The number of nitrogens with zero attached hydrogens (tertiary/aromatic N) is 1. The van der Waals surface area contributed by atoms with Gasteiger partial charge in [-0.25, -0.2) is 9.59 Å². The van der Waals surface area contributed by atoms with Crippen LogP contribution in [-0.4, -0.2) is 60.2 Å². The fourth-order valence-corrected chi connectivity index (χ4v) is 4.03. The molecule has 0 bridgehead atoms. The van der Waals surface area contributed by atoms with Crippen molar-refractivity contribution in [2.75, 3.05) is 27.4 Å². The largest absolute Gasteiger partial charge is 0.497 e. The minimum atomic E-state index is -1.08. The molecule has 37 heavy (non-hydrogen) atoms. The molecule has 0 aliphatic rings. The molecular weight excluding hydrogens is 478 g/mol. The Morgan fingerprint density at radius 2 is 1.51 bits per heavy atom. The summed E-state index contributed by atoms with van der Waals surface area (Å²) < 4.78 is 16.3. The normalized spacial score (nSPS) is 11.6. The molecule has 0 saturated carbocycles. The number of Topliss-reactive ketones (excluding diaryl/α,β-unsaturated/α-hetero) is 1. The maximum atomic E-state index is 12.4. The van der Waals surface area contributed by atoms with Crippen LogP contribution >= 0.6 is 0 Å². The molecule has 3 rings (SSSR count). The molecule has 9 nitrogen and oxygen atoms in total. The third kappa shape index (κ3) is 7.31. The van der Waals surface area contributed by atoms with Crippen molar-refractivity contribution < 1.29 is 38.8 Å². The Balaban J connectivity index is 2.08. The first-order valence-electron chi connectivity index (χ1n) is 11.4. The quantitative estimate of drug-likeness (QED) is 0.353. The summed E-state index contributed by atoms with van der Waals surface area (Å²) >= 11 is 0. The summed E-state index contributed by atoms with van der Waals surface area (Å²) in [5.41, 5.74) is 2.60. The van der Waals surface area contributed by atoms with E-state index >= 15 is 0 Å². The SMILES string of the molecule is COc1ccc(C(c2ccc(OCC(=O)O)cc2)N(CC(C)=O)Cc2ccc(C(=O)O)cc2)c(OC)c1. The average molecular weight is 508 g/mol. The van der Waals surface area contributed by atoms with Crippen LogP contribution in [0, 0.1) is 0 Å². The highest BCUT2D eigenvalue weighted by Crippen LogP contribution is 2.38. The minimum absolute atomic E-state index is 0.0546. The number of hydrogen-bond acceptors (Lipinski definition) is 7. The van der Waals surface area contributed by atoms with Gasteiger partial charge in [0, 0.05) is 18.2 Å². The molecule has 0 fully saturated rings. The lowest BCUT2D eigenvalue weighted by atomic mass is 9.94. The third-order valence-corrected chi connectivity index (χ3v) is 5.67. The van der Waals surface area contributed by atoms with Crippen molar-refractivity contribution in [3.8, 4) is 17.2 Å². The summed E-state index contributed by atoms with van der Waals surface area (Å²) in [6.45, 7) is 1.50. The van der Waals surface area contributed by atoms with Crippen LogP contribution < -0.4 is 14.2 Å². The van der Waals surface area contributed by atoms with Gasteiger partial charge in [-0.15, -0.1) is 0 Å². The second-order valence-electron chi connectivity index (χ2n) is 8.37. The van der Waals surface area contributed by atoms with Gasteiger partial charge in [-0.3, -0.25) is 9.69 Å². The van der Waals surface area contributed by atoms with Gasteiger partial charge in [0.2, 0.25) is 0 Å². The van der Waals surface area contributed by atoms with Crippen LogP contribution in [0.4, 0.5) is 0 Å². The smallest absolute Gasteiger partial charge is 0.341 e. The first-order valence-corrected chi connectivity index (χ1v) is 11.4. The number of carbonyl (C=O) groups is 3. The van der Waals surface area contributed by atoms with E-state index in [1.54, 1.807) is 44.6 Å². The zero-order valence-corrected chi connectivity index (χ0v) is 20.8. The molecule has 0 aromatic heterocycles. The topological polar surface area (TPSA) is 123 Å². The summed E-state index contributed by atoms with van der Waals surface area (Å²) in [4.78, 5) is 36.5. The van der Waals surface area contributed by atoms with Gasteiger partial charge >= 0.3 is 11.9 Å². The Kier molecular flexibility index (Phi) is 9.23. The number of carboxylic acids is 2. The number of aromatic carboxylic acids is 1.